The highest BCUT2D eigenvalue weighted by atomic mass is 79.9. The number of halogens is 2. The lowest BCUT2D eigenvalue weighted by Crippen LogP contribution is -2.40. The van der Waals surface area contributed by atoms with Crippen molar-refractivity contribution in [2.24, 2.45) is 5.10 Å². The second kappa shape index (κ2) is 14.4. The number of hydrogen-bond acceptors (Lipinski definition) is 6. The lowest BCUT2D eigenvalue weighted by atomic mass is 10.1. The summed E-state index contributed by atoms with van der Waals surface area (Å²) in [6, 6.07) is 26.0. The summed E-state index contributed by atoms with van der Waals surface area (Å²) in [6.07, 6.45) is 2.02. The minimum absolute atomic E-state index is 0.0843. The first-order chi connectivity index (χ1) is 20.2. The second-order valence-electron chi connectivity index (χ2n) is 9.01. The third-order valence-corrected chi connectivity index (χ3v) is 8.98. The molecule has 11 heteroatoms. The molecule has 0 aromatic heterocycles. The van der Waals surface area contributed by atoms with Crippen LogP contribution in [0.15, 0.2) is 105 Å². The second-order valence-corrected chi connectivity index (χ2v) is 12.1. The molecule has 0 radical (unpaired) electrons. The number of rotatable bonds is 12. The van der Waals surface area contributed by atoms with Crippen LogP contribution in [0.2, 0.25) is 5.02 Å². The van der Waals surface area contributed by atoms with Gasteiger partial charge in [-0.1, -0.05) is 73.1 Å². The topological polar surface area (TPSA) is 97.3 Å². The molecule has 4 aromatic rings. The molecular formula is C31H29BrClN3O5S. The summed E-state index contributed by atoms with van der Waals surface area (Å²) >= 11 is 9.75. The van der Waals surface area contributed by atoms with E-state index in [4.69, 9.17) is 21.1 Å². The first-order valence-electron chi connectivity index (χ1n) is 13.0. The van der Waals surface area contributed by atoms with Gasteiger partial charge in [0, 0.05) is 10.6 Å². The van der Waals surface area contributed by atoms with Crippen molar-refractivity contribution in [1.29, 1.82) is 0 Å². The van der Waals surface area contributed by atoms with Crippen molar-refractivity contribution >= 4 is 55.4 Å². The number of carbonyl (C=O) groups excluding carboxylic acids is 1. The number of amides is 1. The van der Waals surface area contributed by atoms with E-state index in [1.54, 1.807) is 48.5 Å². The van der Waals surface area contributed by atoms with Crippen LogP contribution in [0.1, 0.15) is 23.6 Å². The van der Waals surface area contributed by atoms with E-state index in [9.17, 15) is 13.2 Å². The first kappa shape index (κ1) is 31.1. The van der Waals surface area contributed by atoms with Crippen LogP contribution in [0, 0.1) is 0 Å². The summed E-state index contributed by atoms with van der Waals surface area (Å²) in [5.74, 6) is 0.317. The molecule has 1 amide bonds. The Kier molecular flexibility index (Phi) is 10.6. The number of benzene rings is 4. The Hall–Kier alpha value is -3.86. The fraction of sp³-hybridized carbons (Fsp3) is 0.161. The van der Waals surface area contributed by atoms with Gasteiger partial charge in [-0.2, -0.15) is 5.10 Å². The van der Waals surface area contributed by atoms with E-state index in [1.807, 2.05) is 37.3 Å². The van der Waals surface area contributed by atoms with Crippen molar-refractivity contribution in [1.82, 2.24) is 5.43 Å². The quantitative estimate of drug-likeness (QED) is 0.135. The highest BCUT2D eigenvalue weighted by Crippen LogP contribution is 2.37. The number of para-hydroxylation sites is 1. The fourth-order valence-electron chi connectivity index (χ4n) is 4.14. The predicted molar refractivity (Wildman–Crippen MR) is 169 cm³/mol. The lowest BCUT2D eigenvalue weighted by molar-refractivity contribution is -0.119. The number of sulfonamides is 1. The molecule has 218 valence electrons. The van der Waals surface area contributed by atoms with E-state index in [-0.39, 0.29) is 11.5 Å². The van der Waals surface area contributed by atoms with Gasteiger partial charge in [-0.3, -0.25) is 9.10 Å². The van der Waals surface area contributed by atoms with Gasteiger partial charge in [-0.05, 0) is 69.9 Å². The van der Waals surface area contributed by atoms with Gasteiger partial charge in [0.2, 0.25) is 0 Å². The number of hydrogen-bond donors (Lipinski definition) is 1. The maximum absolute atomic E-state index is 13.6. The predicted octanol–water partition coefficient (Wildman–Crippen LogP) is 6.60. The van der Waals surface area contributed by atoms with Gasteiger partial charge in [-0.15, -0.1) is 0 Å². The zero-order valence-electron chi connectivity index (χ0n) is 23.0. The fourth-order valence-corrected chi connectivity index (χ4v) is 6.38. The molecule has 0 spiro atoms. The van der Waals surface area contributed by atoms with Crippen LogP contribution in [-0.2, 0) is 27.8 Å². The summed E-state index contributed by atoms with van der Waals surface area (Å²) in [5.41, 5.74) is 5.10. The minimum Gasteiger partial charge on any atom is -0.493 e. The summed E-state index contributed by atoms with van der Waals surface area (Å²) in [5, 5.41) is 4.65. The van der Waals surface area contributed by atoms with E-state index in [0.717, 1.165) is 15.4 Å². The molecule has 0 aliphatic heterocycles. The molecule has 0 unspecified atom stereocenters. The Morgan fingerprint density at radius 1 is 1.00 bits per heavy atom. The number of ether oxygens (including phenoxy) is 2. The van der Waals surface area contributed by atoms with Crippen LogP contribution in [0.4, 0.5) is 5.69 Å². The zero-order chi connectivity index (χ0) is 30.1. The molecule has 0 atom stereocenters. The Labute approximate surface area is 259 Å². The molecule has 0 heterocycles. The average molecular weight is 671 g/mol. The van der Waals surface area contributed by atoms with E-state index in [0.29, 0.717) is 38.7 Å². The van der Waals surface area contributed by atoms with Crippen LogP contribution in [0.5, 0.6) is 11.5 Å². The van der Waals surface area contributed by atoms with Gasteiger partial charge in [0.05, 0.1) is 28.4 Å². The van der Waals surface area contributed by atoms with Crippen molar-refractivity contribution in [3.05, 3.63) is 117 Å². The SMILES string of the molecule is CCc1ccccc1N(CC(=O)N/N=C\c1cc(Br)c(OCc2ccccc2Cl)c(OC)c1)S(=O)(=O)c1ccccc1. The Morgan fingerprint density at radius 2 is 1.67 bits per heavy atom. The van der Waals surface area contributed by atoms with E-state index in [2.05, 4.69) is 26.5 Å². The maximum Gasteiger partial charge on any atom is 0.264 e. The van der Waals surface area contributed by atoms with Crippen molar-refractivity contribution < 1.29 is 22.7 Å². The third-order valence-electron chi connectivity index (χ3n) is 6.24. The summed E-state index contributed by atoms with van der Waals surface area (Å²) in [6.45, 7) is 1.70. The molecular weight excluding hydrogens is 642 g/mol. The van der Waals surface area contributed by atoms with Gasteiger partial charge in [0.25, 0.3) is 15.9 Å². The van der Waals surface area contributed by atoms with E-state index in [1.165, 1.54) is 25.5 Å². The van der Waals surface area contributed by atoms with Gasteiger partial charge in [-0.25, -0.2) is 13.8 Å². The van der Waals surface area contributed by atoms with Crippen LogP contribution in [-0.4, -0.2) is 34.2 Å². The monoisotopic (exact) mass is 669 g/mol. The molecule has 0 aliphatic carbocycles. The number of hydrazone groups is 1. The zero-order valence-corrected chi connectivity index (χ0v) is 26.1. The molecule has 1 N–H and O–H groups in total. The molecule has 0 fully saturated rings. The van der Waals surface area contributed by atoms with Crippen molar-refractivity contribution in [2.45, 2.75) is 24.8 Å². The first-order valence-corrected chi connectivity index (χ1v) is 15.6. The van der Waals surface area contributed by atoms with Gasteiger partial charge in [0.15, 0.2) is 11.5 Å². The molecule has 8 nitrogen and oxygen atoms in total. The van der Waals surface area contributed by atoms with Gasteiger partial charge in [0.1, 0.15) is 13.2 Å². The summed E-state index contributed by atoms with van der Waals surface area (Å²) in [7, 11) is -2.51. The number of carbonyl (C=O) groups is 1. The van der Waals surface area contributed by atoms with Crippen molar-refractivity contribution in [3.63, 3.8) is 0 Å². The van der Waals surface area contributed by atoms with Crippen LogP contribution in [0.25, 0.3) is 0 Å². The number of nitrogens with one attached hydrogen (secondary N) is 1. The smallest absolute Gasteiger partial charge is 0.264 e. The Morgan fingerprint density at radius 3 is 2.36 bits per heavy atom. The molecule has 0 saturated carbocycles. The van der Waals surface area contributed by atoms with E-state index >= 15 is 0 Å². The average Bonchev–Trinajstić information content (AvgIpc) is 3.00. The molecule has 4 rings (SSSR count). The largest absolute Gasteiger partial charge is 0.493 e. The Balaban J connectivity index is 1.51. The highest BCUT2D eigenvalue weighted by molar-refractivity contribution is 9.10. The molecule has 4 aromatic carbocycles. The summed E-state index contributed by atoms with van der Waals surface area (Å²) < 4.78 is 40.4. The number of methoxy groups -OCH3 is 1. The van der Waals surface area contributed by atoms with Crippen molar-refractivity contribution in [3.8, 4) is 11.5 Å². The van der Waals surface area contributed by atoms with Crippen LogP contribution in [0.3, 0.4) is 0 Å². The normalized spacial score (nSPS) is 11.3. The number of nitrogens with zero attached hydrogens (tertiary/aromatic N) is 2. The van der Waals surface area contributed by atoms with Gasteiger partial charge >= 0.3 is 0 Å². The molecule has 0 saturated heterocycles. The molecule has 0 bridgehead atoms. The lowest BCUT2D eigenvalue weighted by Gasteiger charge is -2.25. The third kappa shape index (κ3) is 7.50. The number of anilines is 1. The molecule has 0 aliphatic rings. The Bertz CT molecular complexity index is 1680. The standard InChI is InChI=1S/C31H29BrClN3O5S/c1-3-23-11-8-10-16-28(23)36(42(38,39)25-13-5-4-6-14-25)20-30(37)35-34-19-22-17-26(32)31(29(18-22)40-2)41-21-24-12-7-9-15-27(24)33/h4-19H,3,20-21H2,1-2H3,(H,35,37)/b34-19-. The van der Waals surface area contributed by atoms with Crippen molar-refractivity contribution in [2.75, 3.05) is 18.0 Å². The maximum atomic E-state index is 13.6. The van der Waals surface area contributed by atoms with Gasteiger partial charge < -0.3 is 9.47 Å². The summed E-state index contributed by atoms with van der Waals surface area (Å²) in [4.78, 5) is 13.1. The van der Waals surface area contributed by atoms with E-state index < -0.39 is 22.5 Å². The van der Waals surface area contributed by atoms with Crippen LogP contribution >= 0.6 is 27.5 Å². The minimum atomic E-state index is -4.03. The number of aryl methyl sites for hydroxylation is 1. The highest BCUT2D eigenvalue weighted by Gasteiger charge is 2.28. The van der Waals surface area contributed by atoms with Crippen LogP contribution < -0.4 is 19.2 Å². The molecule has 42 heavy (non-hydrogen) atoms.